The van der Waals surface area contributed by atoms with Crippen LogP contribution in [0.25, 0.3) is 0 Å². The molecule has 4 heteroatoms. The zero-order valence-corrected chi connectivity index (χ0v) is 10.3. The topological polar surface area (TPSA) is 57.6 Å². The van der Waals surface area contributed by atoms with Crippen LogP contribution in [0, 0.1) is 5.92 Å². The Kier molecular flexibility index (Phi) is 4.26. The molecule has 0 fully saturated rings. The number of amides is 1. The van der Waals surface area contributed by atoms with Crippen molar-refractivity contribution in [2.24, 2.45) is 5.92 Å². The number of carbonyl (C=O) groups is 2. The first-order valence-corrected chi connectivity index (χ1v) is 5.51. The van der Waals surface area contributed by atoms with Crippen LogP contribution in [0.4, 0.5) is 0 Å². The molecule has 1 N–H and O–H groups in total. The summed E-state index contributed by atoms with van der Waals surface area (Å²) in [7, 11) is 1.68. The maximum atomic E-state index is 12.1. The highest BCUT2D eigenvalue weighted by molar-refractivity contribution is 6.04. The third kappa shape index (κ3) is 3.31. The third-order valence-corrected chi connectivity index (χ3v) is 2.37. The van der Waals surface area contributed by atoms with Gasteiger partial charge in [0.05, 0.1) is 11.1 Å². The van der Waals surface area contributed by atoms with Crippen molar-refractivity contribution in [2.45, 2.75) is 13.8 Å². The second kappa shape index (κ2) is 5.48. The van der Waals surface area contributed by atoms with Crippen LogP contribution in [-0.2, 0) is 0 Å². The Balaban J connectivity index is 3.00. The molecule has 0 spiro atoms. The lowest BCUT2D eigenvalue weighted by atomic mass is 10.1. The Hall–Kier alpha value is -1.84. The monoisotopic (exact) mass is 235 g/mol. The largest absolute Gasteiger partial charge is 0.478 e. The van der Waals surface area contributed by atoms with Gasteiger partial charge in [0.25, 0.3) is 5.91 Å². The van der Waals surface area contributed by atoms with Crippen molar-refractivity contribution in [1.29, 1.82) is 0 Å². The summed E-state index contributed by atoms with van der Waals surface area (Å²) in [5.41, 5.74) is 0.288. The Labute approximate surface area is 101 Å². The van der Waals surface area contributed by atoms with Gasteiger partial charge in [0.15, 0.2) is 0 Å². The van der Waals surface area contributed by atoms with Gasteiger partial charge in [0.1, 0.15) is 0 Å². The van der Waals surface area contributed by atoms with Gasteiger partial charge >= 0.3 is 5.97 Å². The molecule has 0 aliphatic heterocycles. The first kappa shape index (κ1) is 13.2. The summed E-state index contributed by atoms with van der Waals surface area (Å²) in [4.78, 5) is 24.6. The number of aromatic carboxylic acids is 1. The van der Waals surface area contributed by atoms with E-state index in [1.807, 2.05) is 13.8 Å². The Morgan fingerprint density at radius 2 is 1.76 bits per heavy atom. The van der Waals surface area contributed by atoms with Crippen molar-refractivity contribution < 1.29 is 14.7 Å². The van der Waals surface area contributed by atoms with Crippen LogP contribution in [0.3, 0.4) is 0 Å². The number of rotatable bonds is 4. The first-order chi connectivity index (χ1) is 7.93. The predicted molar refractivity (Wildman–Crippen MR) is 65.2 cm³/mol. The highest BCUT2D eigenvalue weighted by Crippen LogP contribution is 2.12. The maximum Gasteiger partial charge on any atom is 0.336 e. The number of carbonyl (C=O) groups excluding carboxylic acids is 1. The summed E-state index contributed by atoms with van der Waals surface area (Å²) in [5.74, 6) is -0.982. The van der Waals surface area contributed by atoms with Gasteiger partial charge in [-0.1, -0.05) is 26.0 Å². The second-order valence-electron chi connectivity index (χ2n) is 4.43. The van der Waals surface area contributed by atoms with Crippen LogP contribution < -0.4 is 0 Å². The molecule has 1 amide bonds. The second-order valence-corrected chi connectivity index (χ2v) is 4.43. The van der Waals surface area contributed by atoms with Crippen molar-refractivity contribution in [2.75, 3.05) is 13.6 Å². The molecule has 0 unspecified atom stereocenters. The maximum absolute atomic E-state index is 12.1. The smallest absolute Gasteiger partial charge is 0.336 e. The van der Waals surface area contributed by atoms with Crippen molar-refractivity contribution in [1.82, 2.24) is 4.90 Å². The number of hydrogen-bond acceptors (Lipinski definition) is 2. The fourth-order valence-corrected chi connectivity index (χ4v) is 1.69. The minimum Gasteiger partial charge on any atom is -0.478 e. The van der Waals surface area contributed by atoms with E-state index in [0.29, 0.717) is 12.5 Å². The molecular weight excluding hydrogens is 218 g/mol. The third-order valence-electron chi connectivity index (χ3n) is 2.37. The summed E-state index contributed by atoms with van der Waals surface area (Å²) >= 11 is 0. The highest BCUT2D eigenvalue weighted by atomic mass is 16.4. The molecule has 1 aromatic carbocycles. The Bertz CT molecular complexity index is 426. The molecular formula is C13H17NO3. The zero-order valence-electron chi connectivity index (χ0n) is 10.3. The van der Waals surface area contributed by atoms with Crippen molar-refractivity contribution in [3.05, 3.63) is 35.4 Å². The van der Waals surface area contributed by atoms with E-state index in [4.69, 9.17) is 5.11 Å². The fourth-order valence-electron chi connectivity index (χ4n) is 1.69. The van der Waals surface area contributed by atoms with Gasteiger partial charge in [-0.25, -0.2) is 4.79 Å². The molecule has 0 radical (unpaired) electrons. The lowest BCUT2D eigenvalue weighted by molar-refractivity contribution is 0.0679. The zero-order chi connectivity index (χ0) is 13.0. The molecule has 0 aliphatic carbocycles. The molecule has 4 nitrogen and oxygen atoms in total. The number of carboxylic acid groups (broad SMARTS) is 1. The van der Waals surface area contributed by atoms with Gasteiger partial charge < -0.3 is 10.0 Å². The summed E-state index contributed by atoms with van der Waals surface area (Å²) in [5, 5.41) is 9.01. The van der Waals surface area contributed by atoms with Gasteiger partial charge in [0.2, 0.25) is 0 Å². The molecule has 0 heterocycles. The van der Waals surface area contributed by atoms with Gasteiger partial charge in [-0.3, -0.25) is 4.79 Å². The predicted octanol–water partition coefficient (Wildman–Crippen LogP) is 2.11. The van der Waals surface area contributed by atoms with Crippen molar-refractivity contribution >= 4 is 11.9 Å². The van der Waals surface area contributed by atoms with Crippen molar-refractivity contribution in [3.8, 4) is 0 Å². The molecule has 0 aliphatic rings. The van der Waals surface area contributed by atoms with Gasteiger partial charge in [0, 0.05) is 13.6 Å². The molecule has 0 saturated carbocycles. The standard InChI is InChI=1S/C13H17NO3/c1-9(2)8-14(3)12(15)10-6-4-5-7-11(10)13(16)17/h4-7,9H,8H2,1-3H3,(H,16,17). The van der Waals surface area contributed by atoms with E-state index in [0.717, 1.165) is 0 Å². The summed E-state index contributed by atoms with van der Waals surface area (Å²) in [6.45, 7) is 4.62. The van der Waals surface area contributed by atoms with Crippen LogP contribution >= 0.6 is 0 Å². The molecule has 1 aromatic rings. The van der Waals surface area contributed by atoms with Crippen LogP contribution in [0.1, 0.15) is 34.6 Å². The van der Waals surface area contributed by atoms with Crippen LogP contribution in [0.15, 0.2) is 24.3 Å². The molecule has 92 valence electrons. The average Bonchev–Trinajstić information content (AvgIpc) is 2.27. The number of hydrogen-bond donors (Lipinski definition) is 1. The average molecular weight is 235 g/mol. The van der Waals surface area contributed by atoms with E-state index in [-0.39, 0.29) is 17.0 Å². The van der Waals surface area contributed by atoms with Gasteiger partial charge in [-0.05, 0) is 18.1 Å². The van der Waals surface area contributed by atoms with Gasteiger partial charge in [-0.2, -0.15) is 0 Å². The highest BCUT2D eigenvalue weighted by Gasteiger charge is 2.19. The molecule has 0 bridgehead atoms. The molecule has 0 atom stereocenters. The van der Waals surface area contributed by atoms with E-state index >= 15 is 0 Å². The summed E-state index contributed by atoms with van der Waals surface area (Å²) < 4.78 is 0. The molecule has 0 aromatic heterocycles. The van der Waals surface area contributed by atoms with Gasteiger partial charge in [-0.15, -0.1) is 0 Å². The molecule has 17 heavy (non-hydrogen) atoms. The molecule has 0 saturated heterocycles. The lowest BCUT2D eigenvalue weighted by Crippen LogP contribution is -2.31. The molecule has 1 rings (SSSR count). The summed E-state index contributed by atoms with van der Waals surface area (Å²) in [6, 6.07) is 6.27. The van der Waals surface area contributed by atoms with E-state index in [2.05, 4.69) is 0 Å². The lowest BCUT2D eigenvalue weighted by Gasteiger charge is -2.20. The number of nitrogens with zero attached hydrogens (tertiary/aromatic N) is 1. The van der Waals surface area contributed by atoms with E-state index < -0.39 is 5.97 Å². The SMILES string of the molecule is CC(C)CN(C)C(=O)c1ccccc1C(=O)O. The Morgan fingerprint density at radius 1 is 1.24 bits per heavy atom. The van der Waals surface area contributed by atoms with E-state index in [1.54, 1.807) is 30.1 Å². The van der Waals surface area contributed by atoms with E-state index in [1.165, 1.54) is 6.07 Å². The quantitative estimate of drug-likeness (QED) is 0.869. The fraction of sp³-hybridized carbons (Fsp3) is 0.385. The minimum absolute atomic E-state index is 0.0492. The minimum atomic E-state index is -1.08. The van der Waals surface area contributed by atoms with Crippen molar-refractivity contribution in [3.63, 3.8) is 0 Å². The summed E-state index contributed by atoms with van der Waals surface area (Å²) in [6.07, 6.45) is 0. The number of benzene rings is 1. The normalized spacial score (nSPS) is 10.4. The van der Waals surface area contributed by atoms with Crippen LogP contribution in [-0.4, -0.2) is 35.5 Å². The van der Waals surface area contributed by atoms with Crippen LogP contribution in [0.5, 0.6) is 0 Å². The first-order valence-electron chi connectivity index (χ1n) is 5.51. The number of carboxylic acids is 1. The van der Waals surface area contributed by atoms with E-state index in [9.17, 15) is 9.59 Å². The Morgan fingerprint density at radius 3 is 2.24 bits per heavy atom. The van der Waals surface area contributed by atoms with Crippen LogP contribution in [0.2, 0.25) is 0 Å².